The van der Waals surface area contributed by atoms with Crippen molar-refractivity contribution in [3.8, 4) is 11.5 Å². The average molecular weight is 367 g/mol. The van der Waals surface area contributed by atoms with Crippen molar-refractivity contribution < 1.29 is 47.6 Å². The summed E-state index contributed by atoms with van der Waals surface area (Å²) >= 11 is 0. The summed E-state index contributed by atoms with van der Waals surface area (Å²) < 4.78 is 0. The van der Waals surface area contributed by atoms with Crippen LogP contribution in [0.25, 0.3) is 0 Å². The van der Waals surface area contributed by atoms with Crippen molar-refractivity contribution in [2.24, 2.45) is 5.73 Å². The number of carboxylic acid groups (broad SMARTS) is 1. The van der Waals surface area contributed by atoms with Gasteiger partial charge >= 0.3 is 28.3 Å². The van der Waals surface area contributed by atoms with Crippen LogP contribution in [0.15, 0.2) is 18.2 Å². The quantitative estimate of drug-likeness (QED) is 0.246. The number of aromatic hydroxyl groups is 2. The summed E-state index contributed by atoms with van der Waals surface area (Å²) in [5.74, 6) is -1.62. The van der Waals surface area contributed by atoms with Crippen LogP contribution < -0.4 is 5.73 Å². The van der Waals surface area contributed by atoms with E-state index < -0.39 is 17.1 Å². The molecule has 0 aliphatic carbocycles. The molecule has 1 atom stereocenters. The topological polar surface area (TPSA) is 170 Å². The monoisotopic (exact) mass is 366 g/mol. The van der Waals surface area contributed by atoms with Gasteiger partial charge in [0, 0.05) is 0 Å². The number of carboxylic acids is 1. The molecule has 1 aromatic carbocycles. The van der Waals surface area contributed by atoms with E-state index in [9.17, 15) is 4.79 Å². The van der Waals surface area contributed by atoms with Gasteiger partial charge < -0.3 is 36.4 Å². The molecule has 0 bridgehead atoms. The Balaban J connectivity index is 0. The number of aliphatic carboxylic acids is 1. The maximum Gasteiger partial charge on any atom is 1.00 e. The molecule has 0 aliphatic rings. The van der Waals surface area contributed by atoms with Crippen molar-refractivity contribution in [2.75, 3.05) is 0 Å². The van der Waals surface area contributed by atoms with E-state index in [1.165, 1.54) is 18.2 Å². The maximum absolute atomic E-state index is 10.4. The Morgan fingerprint density at radius 3 is 2.16 bits per heavy atom. The first kappa shape index (κ1) is 19.5. The van der Waals surface area contributed by atoms with Crippen molar-refractivity contribution >= 4 is 5.97 Å². The Hall–Kier alpha value is -1.81. The van der Waals surface area contributed by atoms with Gasteiger partial charge in [-0.3, -0.25) is 4.79 Å². The van der Waals surface area contributed by atoms with Gasteiger partial charge in [-0.05, 0) is 24.1 Å². The summed E-state index contributed by atoms with van der Waals surface area (Å²) in [5, 5.41) is 41.4. The number of phenolic OH excluding ortho intramolecular Hbond substituents is 2. The third-order valence-electron chi connectivity index (χ3n) is 1.81. The molecule has 0 saturated heterocycles. The van der Waals surface area contributed by atoms with Gasteiger partial charge in [0.1, 0.15) is 6.04 Å². The van der Waals surface area contributed by atoms with Crippen LogP contribution in [0.5, 0.6) is 11.5 Å². The van der Waals surface area contributed by atoms with E-state index in [0.717, 1.165) is 0 Å². The molecule has 0 heterocycles. The van der Waals surface area contributed by atoms with Gasteiger partial charge in [0.25, 0.3) is 0 Å². The van der Waals surface area contributed by atoms with Crippen LogP contribution in [-0.4, -0.2) is 32.4 Å². The number of hydrogen-bond donors (Lipinski definition) is 4. The summed E-state index contributed by atoms with van der Waals surface area (Å²) in [7, 11) is 0. The molecule has 10 heteroatoms. The molecule has 9 nitrogen and oxygen atoms in total. The van der Waals surface area contributed by atoms with Crippen molar-refractivity contribution in [1.29, 1.82) is 0 Å². The second kappa shape index (κ2) is 9.16. The molecule has 1 unspecified atom stereocenters. The Bertz CT molecular complexity index is 437. The summed E-state index contributed by atoms with van der Waals surface area (Å²) in [5.41, 5.74) is 5.86. The smallest absolute Gasteiger partial charge is 0.504 e. The number of carbonyl (C=O) groups is 1. The Kier molecular flexibility index (Phi) is 9.42. The zero-order valence-electron chi connectivity index (χ0n) is 9.32. The van der Waals surface area contributed by atoms with E-state index >= 15 is 0 Å². The summed E-state index contributed by atoms with van der Waals surface area (Å²) in [6.07, 6.45) is 0.114. The molecule has 0 aliphatic heterocycles. The zero-order valence-corrected chi connectivity index (χ0v) is 10.8. The number of hydrogen-bond acceptors (Lipinski definition) is 7. The molecule has 1 aromatic rings. The average Bonchev–Trinajstić information content (AvgIpc) is 2.22. The van der Waals surface area contributed by atoms with Gasteiger partial charge in [0.15, 0.2) is 11.5 Å². The van der Waals surface area contributed by atoms with Gasteiger partial charge in [0.2, 0.25) is 0 Å². The fourth-order valence-corrected chi connectivity index (χ4v) is 1.04. The van der Waals surface area contributed by atoms with E-state index in [1.54, 1.807) is 0 Å². The molecule has 1 rings (SSSR count). The third-order valence-corrected chi connectivity index (χ3v) is 1.81. The standard InChI is InChI=1S/C9H11NO4.Ag.NO3/c10-6(9(13)14)3-5-1-2-7(11)8(12)4-5;;2-1(3)4/h1-2,4,6,11-12H,3,10H2,(H,13,14);;/q;+1;-1. The molecule has 0 saturated carbocycles. The number of rotatable bonds is 3. The van der Waals surface area contributed by atoms with Crippen LogP contribution >= 0.6 is 0 Å². The molecule has 110 valence electrons. The van der Waals surface area contributed by atoms with E-state index in [4.69, 9.17) is 36.4 Å². The minimum Gasteiger partial charge on any atom is -0.504 e. The van der Waals surface area contributed by atoms with Crippen molar-refractivity contribution in [2.45, 2.75) is 12.5 Å². The summed E-state index contributed by atoms with van der Waals surface area (Å²) in [4.78, 5) is 18.7. The minimum absolute atomic E-state index is 0. The first-order chi connectivity index (χ1) is 8.23. The Morgan fingerprint density at radius 1 is 1.32 bits per heavy atom. The summed E-state index contributed by atoms with van der Waals surface area (Å²) in [6.45, 7) is 0. The van der Waals surface area contributed by atoms with Gasteiger partial charge in [-0.2, -0.15) is 0 Å². The minimum atomic E-state index is -1.75. The fraction of sp³-hybridized carbons (Fsp3) is 0.222. The molecule has 0 radical (unpaired) electrons. The zero-order chi connectivity index (χ0) is 14.3. The fourth-order valence-electron chi connectivity index (χ4n) is 1.04. The van der Waals surface area contributed by atoms with Gasteiger partial charge in [-0.25, -0.2) is 0 Å². The number of nitrogens with zero attached hydrogens (tertiary/aromatic N) is 1. The van der Waals surface area contributed by atoms with Crippen LogP contribution in [0.4, 0.5) is 0 Å². The van der Waals surface area contributed by atoms with Crippen LogP contribution in [0.1, 0.15) is 5.56 Å². The molecule has 0 aromatic heterocycles. The first-order valence-electron chi connectivity index (χ1n) is 4.54. The molecule has 0 spiro atoms. The van der Waals surface area contributed by atoms with Crippen LogP contribution in [0, 0.1) is 15.3 Å². The molecule has 5 N–H and O–H groups in total. The van der Waals surface area contributed by atoms with Gasteiger partial charge in [0.05, 0.1) is 5.09 Å². The number of nitrogens with two attached hydrogens (primary N) is 1. The normalized spacial score (nSPS) is 10.4. The molecule has 19 heavy (non-hydrogen) atoms. The first-order valence-corrected chi connectivity index (χ1v) is 4.54. The Labute approximate surface area is 122 Å². The van der Waals surface area contributed by atoms with Crippen LogP contribution in [0.2, 0.25) is 0 Å². The predicted molar refractivity (Wildman–Crippen MR) is 59.4 cm³/mol. The third kappa shape index (κ3) is 8.85. The largest absolute Gasteiger partial charge is 1.00 e. The number of benzene rings is 1. The SMILES string of the molecule is NC(Cc1ccc(O)c(O)c1)C(=O)O.O=[N+]([O-])[O-].[Ag+]. The van der Waals surface area contributed by atoms with E-state index in [-0.39, 0.29) is 40.3 Å². The van der Waals surface area contributed by atoms with Crippen LogP contribution in [0.3, 0.4) is 0 Å². The summed E-state index contributed by atoms with van der Waals surface area (Å²) in [6, 6.07) is 3.09. The predicted octanol–water partition coefficient (Wildman–Crippen LogP) is -0.189. The van der Waals surface area contributed by atoms with E-state index in [1.807, 2.05) is 0 Å². The second-order valence-corrected chi connectivity index (χ2v) is 3.20. The molecule has 0 fully saturated rings. The van der Waals surface area contributed by atoms with Gasteiger partial charge in [-0.1, -0.05) is 6.07 Å². The van der Waals surface area contributed by atoms with Gasteiger partial charge in [-0.15, -0.1) is 0 Å². The van der Waals surface area contributed by atoms with E-state index in [0.29, 0.717) is 5.56 Å². The van der Waals surface area contributed by atoms with Crippen molar-refractivity contribution in [3.05, 3.63) is 39.1 Å². The van der Waals surface area contributed by atoms with E-state index in [2.05, 4.69) is 0 Å². The Morgan fingerprint density at radius 2 is 1.79 bits per heavy atom. The van der Waals surface area contributed by atoms with Crippen LogP contribution in [-0.2, 0) is 33.6 Å². The number of phenols is 2. The molecular formula is C9H11AgN2O7. The second-order valence-electron chi connectivity index (χ2n) is 3.20. The maximum atomic E-state index is 10.4. The molecular weight excluding hydrogens is 356 g/mol. The van der Waals surface area contributed by atoms with Crippen molar-refractivity contribution in [3.63, 3.8) is 0 Å². The molecule has 0 amide bonds. The van der Waals surface area contributed by atoms with Crippen molar-refractivity contribution in [1.82, 2.24) is 0 Å².